The Labute approximate surface area is 120 Å². The van der Waals surface area contributed by atoms with Gasteiger partial charge in [-0.1, -0.05) is 0 Å². The molecule has 2 aromatic rings. The fourth-order valence-corrected chi connectivity index (χ4v) is 1.70. The number of hydrogen-bond acceptors (Lipinski definition) is 5. The molecule has 21 heavy (non-hydrogen) atoms. The molecule has 6 nitrogen and oxygen atoms in total. The Bertz CT molecular complexity index is 643. The largest absolute Gasteiger partial charge is 0.490 e. The number of rotatable bonds is 7. The van der Waals surface area contributed by atoms with E-state index in [1.54, 1.807) is 18.2 Å². The van der Waals surface area contributed by atoms with Crippen LogP contribution < -0.4 is 9.47 Å². The first-order valence-electron chi connectivity index (χ1n) is 6.31. The number of carbonyl (C=O) groups is 2. The molecular formula is C15H14O6. The van der Waals surface area contributed by atoms with E-state index in [9.17, 15) is 9.59 Å². The molecule has 2 rings (SSSR count). The normalized spacial score (nSPS) is 10.1. The van der Waals surface area contributed by atoms with Gasteiger partial charge < -0.3 is 19.0 Å². The molecule has 0 atom stereocenters. The average Bonchev–Trinajstić information content (AvgIpc) is 2.95. The molecule has 0 aliphatic rings. The molecule has 0 bridgehead atoms. The van der Waals surface area contributed by atoms with Gasteiger partial charge in [-0.3, -0.25) is 4.79 Å². The molecule has 0 fully saturated rings. The molecule has 0 saturated carbocycles. The number of carbonyl (C=O) groups excluding carboxylic acids is 1. The minimum atomic E-state index is -1.13. The van der Waals surface area contributed by atoms with Crippen LogP contribution in [0, 0.1) is 0 Å². The fraction of sp³-hybridized carbons (Fsp3) is 0.200. The molecule has 1 heterocycles. The highest BCUT2D eigenvalue weighted by Gasteiger charge is 2.11. The van der Waals surface area contributed by atoms with Crippen LogP contribution >= 0.6 is 0 Å². The van der Waals surface area contributed by atoms with Crippen molar-refractivity contribution in [2.24, 2.45) is 0 Å². The standard InChI is InChI=1S/C15H14O6/c1-2-19-14-7-10(8-16)3-5-12(14)20-9-11-4-6-13(21-11)15(17)18/h3-8H,2,9H2,1H3,(H,17,18). The number of furan rings is 1. The number of hydrogen-bond donors (Lipinski definition) is 1. The van der Waals surface area contributed by atoms with Crippen molar-refractivity contribution in [3.05, 3.63) is 47.4 Å². The van der Waals surface area contributed by atoms with Crippen LogP contribution in [0.4, 0.5) is 0 Å². The number of aldehydes is 1. The van der Waals surface area contributed by atoms with E-state index in [4.69, 9.17) is 19.0 Å². The summed E-state index contributed by atoms with van der Waals surface area (Å²) in [6.45, 7) is 2.32. The Morgan fingerprint density at radius 2 is 2.05 bits per heavy atom. The van der Waals surface area contributed by atoms with Gasteiger partial charge in [0.1, 0.15) is 18.7 Å². The van der Waals surface area contributed by atoms with Crippen LogP contribution in [0.3, 0.4) is 0 Å². The number of carboxylic acid groups (broad SMARTS) is 1. The molecule has 0 unspecified atom stereocenters. The predicted molar refractivity (Wildman–Crippen MR) is 73.0 cm³/mol. The van der Waals surface area contributed by atoms with Crippen LogP contribution in [-0.2, 0) is 6.61 Å². The Kier molecular flexibility index (Phi) is 4.61. The lowest BCUT2D eigenvalue weighted by atomic mass is 10.2. The van der Waals surface area contributed by atoms with Gasteiger partial charge in [0.05, 0.1) is 6.61 Å². The Balaban J connectivity index is 2.11. The molecule has 110 valence electrons. The summed E-state index contributed by atoms with van der Waals surface area (Å²) in [5.41, 5.74) is 0.483. The smallest absolute Gasteiger partial charge is 0.371 e. The number of benzene rings is 1. The molecule has 0 amide bonds. The third-order valence-electron chi connectivity index (χ3n) is 2.65. The van der Waals surface area contributed by atoms with E-state index in [2.05, 4.69) is 0 Å². The van der Waals surface area contributed by atoms with Gasteiger partial charge in [0, 0.05) is 5.56 Å². The second-order valence-electron chi connectivity index (χ2n) is 4.12. The summed E-state index contributed by atoms with van der Waals surface area (Å²) in [5, 5.41) is 8.77. The van der Waals surface area contributed by atoms with Gasteiger partial charge >= 0.3 is 5.97 Å². The minimum absolute atomic E-state index is 0.0633. The molecule has 1 aromatic heterocycles. The first-order chi connectivity index (χ1) is 10.1. The highest BCUT2D eigenvalue weighted by atomic mass is 16.5. The van der Waals surface area contributed by atoms with E-state index in [-0.39, 0.29) is 12.4 Å². The van der Waals surface area contributed by atoms with Crippen LogP contribution in [0.25, 0.3) is 0 Å². The maximum absolute atomic E-state index is 10.8. The van der Waals surface area contributed by atoms with Crippen molar-refractivity contribution < 1.29 is 28.6 Å². The lowest BCUT2D eigenvalue weighted by molar-refractivity contribution is 0.0658. The van der Waals surface area contributed by atoms with Crippen LogP contribution in [0.5, 0.6) is 11.5 Å². The molecule has 0 aliphatic carbocycles. The maximum atomic E-state index is 10.8. The molecule has 0 spiro atoms. The first kappa shape index (κ1) is 14.6. The highest BCUT2D eigenvalue weighted by molar-refractivity contribution is 5.84. The zero-order chi connectivity index (χ0) is 15.2. The molecule has 1 aromatic carbocycles. The topological polar surface area (TPSA) is 86.0 Å². The van der Waals surface area contributed by atoms with Gasteiger partial charge in [-0.25, -0.2) is 4.79 Å². The van der Waals surface area contributed by atoms with Crippen LogP contribution in [-0.4, -0.2) is 24.0 Å². The van der Waals surface area contributed by atoms with E-state index in [1.165, 1.54) is 12.1 Å². The summed E-state index contributed by atoms with van der Waals surface area (Å²) in [6, 6.07) is 7.70. The molecule has 0 saturated heterocycles. The lowest BCUT2D eigenvalue weighted by Gasteiger charge is -2.11. The van der Waals surface area contributed by atoms with Crippen molar-refractivity contribution in [2.45, 2.75) is 13.5 Å². The van der Waals surface area contributed by atoms with Crippen molar-refractivity contribution in [3.63, 3.8) is 0 Å². The Morgan fingerprint density at radius 1 is 1.24 bits per heavy atom. The predicted octanol–water partition coefficient (Wildman–Crippen LogP) is 2.77. The van der Waals surface area contributed by atoms with Crippen molar-refractivity contribution in [2.75, 3.05) is 6.61 Å². The monoisotopic (exact) mass is 290 g/mol. The molecular weight excluding hydrogens is 276 g/mol. The van der Waals surface area contributed by atoms with Gasteiger partial charge in [-0.15, -0.1) is 0 Å². The van der Waals surface area contributed by atoms with E-state index < -0.39 is 5.97 Å². The number of carboxylic acids is 1. The molecule has 1 N–H and O–H groups in total. The second-order valence-corrected chi connectivity index (χ2v) is 4.12. The van der Waals surface area contributed by atoms with Crippen LogP contribution in [0.1, 0.15) is 33.6 Å². The van der Waals surface area contributed by atoms with E-state index >= 15 is 0 Å². The third-order valence-corrected chi connectivity index (χ3v) is 2.65. The van der Waals surface area contributed by atoms with Gasteiger partial charge in [0.15, 0.2) is 11.5 Å². The average molecular weight is 290 g/mol. The van der Waals surface area contributed by atoms with Gasteiger partial charge in [0.2, 0.25) is 5.76 Å². The summed E-state index contributed by atoms with van der Waals surface area (Å²) in [4.78, 5) is 21.5. The number of ether oxygens (including phenoxy) is 2. The maximum Gasteiger partial charge on any atom is 0.371 e. The third kappa shape index (κ3) is 3.62. The summed E-state index contributed by atoms with van der Waals surface area (Å²) >= 11 is 0. The summed E-state index contributed by atoms with van der Waals surface area (Å²) < 4.78 is 16.0. The summed E-state index contributed by atoms with van der Waals surface area (Å²) in [7, 11) is 0. The lowest BCUT2D eigenvalue weighted by Crippen LogP contribution is -2.00. The van der Waals surface area contributed by atoms with E-state index in [0.29, 0.717) is 29.4 Å². The van der Waals surface area contributed by atoms with E-state index in [1.807, 2.05) is 6.92 Å². The Hall–Kier alpha value is -2.76. The molecule has 0 radical (unpaired) electrons. The van der Waals surface area contributed by atoms with E-state index in [0.717, 1.165) is 6.29 Å². The highest BCUT2D eigenvalue weighted by Crippen LogP contribution is 2.29. The molecule has 6 heteroatoms. The summed E-state index contributed by atoms with van der Waals surface area (Å²) in [5.74, 6) is 0.0127. The molecule has 0 aliphatic heterocycles. The minimum Gasteiger partial charge on any atom is -0.490 e. The van der Waals surface area contributed by atoms with Crippen molar-refractivity contribution >= 4 is 12.3 Å². The fourth-order valence-electron chi connectivity index (χ4n) is 1.70. The van der Waals surface area contributed by atoms with Gasteiger partial charge in [0.25, 0.3) is 0 Å². The van der Waals surface area contributed by atoms with Crippen molar-refractivity contribution in [1.82, 2.24) is 0 Å². The zero-order valence-electron chi connectivity index (χ0n) is 11.4. The van der Waals surface area contributed by atoms with Gasteiger partial charge in [-0.2, -0.15) is 0 Å². The SMILES string of the molecule is CCOc1cc(C=O)ccc1OCc1ccc(C(=O)O)o1. The van der Waals surface area contributed by atoms with Gasteiger partial charge in [-0.05, 0) is 37.3 Å². The number of aromatic carboxylic acids is 1. The zero-order valence-corrected chi connectivity index (χ0v) is 11.4. The second kappa shape index (κ2) is 6.60. The van der Waals surface area contributed by atoms with Crippen molar-refractivity contribution in [1.29, 1.82) is 0 Å². The van der Waals surface area contributed by atoms with Crippen molar-refractivity contribution in [3.8, 4) is 11.5 Å². The van der Waals surface area contributed by atoms with Crippen LogP contribution in [0.15, 0.2) is 34.7 Å². The Morgan fingerprint density at radius 3 is 2.67 bits per heavy atom. The van der Waals surface area contributed by atoms with Crippen LogP contribution in [0.2, 0.25) is 0 Å². The quantitative estimate of drug-likeness (QED) is 0.789. The first-order valence-corrected chi connectivity index (χ1v) is 6.31. The summed E-state index contributed by atoms with van der Waals surface area (Å²) in [6.07, 6.45) is 0.720.